The molecule has 0 radical (unpaired) electrons. The zero-order chi connectivity index (χ0) is 13.7. The summed E-state index contributed by atoms with van der Waals surface area (Å²) in [5.41, 5.74) is 3.01. The van der Waals surface area contributed by atoms with Gasteiger partial charge in [0.1, 0.15) is 6.04 Å². The summed E-state index contributed by atoms with van der Waals surface area (Å²) < 4.78 is 5.18. The fraction of sp³-hybridized carbons (Fsp3) is 0.714. The number of carbonyl (C=O) groups excluding carboxylic acids is 1. The Bertz CT molecular complexity index is 419. The number of rotatable bonds is 5. The number of aromatic nitrogens is 1. The maximum atomic E-state index is 12.0. The molecule has 5 heteroatoms. The molecule has 19 heavy (non-hydrogen) atoms. The van der Waals surface area contributed by atoms with Crippen LogP contribution in [0.1, 0.15) is 36.8 Å². The summed E-state index contributed by atoms with van der Waals surface area (Å²) in [4.78, 5) is 19.8. The van der Waals surface area contributed by atoms with E-state index in [0.29, 0.717) is 6.61 Å². The van der Waals surface area contributed by atoms with Crippen LogP contribution < -0.4 is 0 Å². The Hall–Kier alpha value is -0.940. The summed E-state index contributed by atoms with van der Waals surface area (Å²) in [5.74, 6) is -0.0526. The number of ether oxygens (including phenoxy) is 1. The SMILES string of the molecule is CCOC(=O)C1CCCCN1CCc1scnc1C. The van der Waals surface area contributed by atoms with E-state index >= 15 is 0 Å². The molecule has 0 aliphatic carbocycles. The predicted octanol–water partition coefficient (Wildman–Crippen LogP) is 2.41. The summed E-state index contributed by atoms with van der Waals surface area (Å²) >= 11 is 1.70. The van der Waals surface area contributed by atoms with E-state index in [0.717, 1.165) is 38.0 Å². The average Bonchev–Trinajstić information content (AvgIpc) is 2.82. The number of nitrogens with zero attached hydrogens (tertiary/aromatic N) is 2. The van der Waals surface area contributed by atoms with Crippen molar-refractivity contribution in [3.8, 4) is 0 Å². The van der Waals surface area contributed by atoms with Gasteiger partial charge in [-0.25, -0.2) is 4.98 Å². The van der Waals surface area contributed by atoms with E-state index in [1.165, 1.54) is 11.3 Å². The highest BCUT2D eigenvalue weighted by Crippen LogP contribution is 2.20. The third-order valence-corrected chi connectivity index (χ3v) is 4.64. The number of likely N-dealkylation sites (tertiary alicyclic amines) is 1. The Morgan fingerprint density at radius 2 is 2.42 bits per heavy atom. The van der Waals surface area contributed by atoms with Crippen molar-refractivity contribution in [1.82, 2.24) is 9.88 Å². The molecule has 1 aliphatic heterocycles. The van der Waals surface area contributed by atoms with Gasteiger partial charge in [-0.05, 0) is 39.7 Å². The van der Waals surface area contributed by atoms with Crippen LogP contribution in [0, 0.1) is 6.92 Å². The summed E-state index contributed by atoms with van der Waals surface area (Å²) in [7, 11) is 0. The van der Waals surface area contributed by atoms with E-state index in [1.54, 1.807) is 11.3 Å². The van der Waals surface area contributed by atoms with E-state index in [4.69, 9.17) is 4.74 Å². The lowest BCUT2D eigenvalue weighted by molar-refractivity contribution is -0.150. The Labute approximate surface area is 118 Å². The molecule has 0 spiro atoms. The number of hydrogen-bond donors (Lipinski definition) is 0. The normalized spacial score (nSPS) is 20.4. The molecule has 1 atom stereocenters. The standard InChI is InChI=1S/C14H22N2O2S/c1-3-18-14(17)12-6-4-5-8-16(12)9-7-13-11(2)15-10-19-13/h10,12H,3-9H2,1-2H3. The Kier molecular flexibility index (Phi) is 5.34. The first kappa shape index (κ1) is 14.5. The number of piperidine rings is 1. The largest absolute Gasteiger partial charge is 0.465 e. The van der Waals surface area contributed by atoms with Crippen LogP contribution in [-0.2, 0) is 16.0 Å². The molecule has 1 aromatic rings. The molecule has 0 amide bonds. The van der Waals surface area contributed by atoms with Crippen molar-refractivity contribution < 1.29 is 9.53 Å². The molecule has 0 bridgehead atoms. The van der Waals surface area contributed by atoms with Crippen molar-refractivity contribution in [3.05, 3.63) is 16.1 Å². The van der Waals surface area contributed by atoms with Crippen molar-refractivity contribution in [1.29, 1.82) is 0 Å². The quantitative estimate of drug-likeness (QED) is 0.778. The average molecular weight is 282 g/mol. The number of thiazole rings is 1. The third-order valence-electron chi connectivity index (χ3n) is 3.64. The van der Waals surface area contributed by atoms with Crippen LogP contribution in [0.15, 0.2) is 5.51 Å². The van der Waals surface area contributed by atoms with Crippen molar-refractivity contribution in [2.45, 2.75) is 45.6 Å². The van der Waals surface area contributed by atoms with Crippen molar-refractivity contribution >= 4 is 17.3 Å². The van der Waals surface area contributed by atoms with Gasteiger partial charge >= 0.3 is 5.97 Å². The van der Waals surface area contributed by atoms with Gasteiger partial charge in [0.25, 0.3) is 0 Å². The molecule has 106 valence electrons. The molecule has 1 aromatic heterocycles. The summed E-state index contributed by atoms with van der Waals surface area (Å²) in [5, 5.41) is 0. The molecule has 1 unspecified atom stereocenters. The van der Waals surface area contributed by atoms with E-state index in [2.05, 4.69) is 9.88 Å². The number of aryl methyl sites for hydroxylation is 1. The van der Waals surface area contributed by atoms with Crippen molar-refractivity contribution in [2.24, 2.45) is 0 Å². The van der Waals surface area contributed by atoms with Crippen LogP contribution in [0.5, 0.6) is 0 Å². The molecule has 1 fully saturated rings. The first-order valence-electron chi connectivity index (χ1n) is 7.02. The fourth-order valence-electron chi connectivity index (χ4n) is 2.58. The van der Waals surface area contributed by atoms with Gasteiger partial charge in [-0.3, -0.25) is 9.69 Å². The summed E-state index contributed by atoms with van der Waals surface area (Å²) in [6.45, 7) is 6.31. The monoisotopic (exact) mass is 282 g/mol. The number of carbonyl (C=O) groups is 1. The summed E-state index contributed by atoms with van der Waals surface area (Å²) in [6, 6.07) is -0.0399. The number of hydrogen-bond acceptors (Lipinski definition) is 5. The van der Waals surface area contributed by atoms with E-state index < -0.39 is 0 Å². The highest BCUT2D eigenvalue weighted by atomic mass is 32.1. The number of esters is 1. The van der Waals surface area contributed by atoms with Crippen LogP contribution in [0.4, 0.5) is 0 Å². The molecule has 4 nitrogen and oxygen atoms in total. The van der Waals surface area contributed by atoms with E-state index in [9.17, 15) is 4.79 Å². The van der Waals surface area contributed by atoms with Gasteiger partial charge < -0.3 is 4.74 Å². The lowest BCUT2D eigenvalue weighted by Crippen LogP contribution is -2.46. The van der Waals surface area contributed by atoms with Gasteiger partial charge in [0.05, 0.1) is 17.8 Å². The molecular weight excluding hydrogens is 260 g/mol. The van der Waals surface area contributed by atoms with Crippen molar-refractivity contribution in [2.75, 3.05) is 19.7 Å². The predicted molar refractivity (Wildman–Crippen MR) is 76.4 cm³/mol. The zero-order valence-electron chi connectivity index (χ0n) is 11.7. The molecular formula is C14H22N2O2S. The van der Waals surface area contributed by atoms with Crippen LogP contribution in [0.3, 0.4) is 0 Å². The maximum absolute atomic E-state index is 12.0. The molecule has 0 N–H and O–H groups in total. The first-order chi connectivity index (χ1) is 9.22. The van der Waals surface area contributed by atoms with E-state index in [1.807, 2.05) is 19.4 Å². The second-order valence-electron chi connectivity index (χ2n) is 4.91. The maximum Gasteiger partial charge on any atom is 0.323 e. The van der Waals surface area contributed by atoms with Crippen LogP contribution >= 0.6 is 11.3 Å². The smallest absolute Gasteiger partial charge is 0.323 e. The molecule has 2 heterocycles. The van der Waals surface area contributed by atoms with Crippen LogP contribution in [0.25, 0.3) is 0 Å². The van der Waals surface area contributed by atoms with Crippen LogP contribution in [-0.4, -0.2) is 41.6 Å². The van der Waals surface area contributed by atoms with Crippen LogP contribution in [0.2, 0.25) is 0 Å². The Balaban J connectivity index is 1.92. The zero-order valence-corrected chi connectivity index (χ0v) is 12.5. The minimum atomic E-state index is -0.0526. The fourth-order valence-corrected chi connectivity index (χ4v) is 3.35. The molecule has 1 aliphatic rings. The molecule has 2 rings (SSSR count). The third kappa shape index (κ3) is 3.76. The van der Waals surface area contributed by atoms with Gasteiger partial charge in [0, 0.05) is 11.4 Å². The van der Waals surface area contributed by atoms with Gasteiger partial charge in [-0.1, -0.05) is 6.42 Å². The van der Waals surface area contributed by atoms with E-state index in [-0.39, 0.29) is 12.0 Å². The molecule has 1 saturated heterocycles. The van der Waals surface area contributed by atoms with Gasteiger partial charge in [0.15, 0.2) is 0 Å². The van der Waals surface area contributed by atoms with Gasteiger partial charge in [-0.2, -0.15) is 0 Å². The topological polar surface area (TPSA) is 42.4 Å². The van der Waals surface area contributed by atoms with Gasteiger partial charge in [0.2, 0.25) is 0 Å². The second kappa shape index (κ2) is 7.01. The Morgan fingerprint density at radius 1 is 1.58 bits per heavy atom. The van der Waals surface area contributed by atoms with Gasteiger partial charge in [-0.15, -0.1) is 11.3 Å². The second-order valence-corrected chi connectivity index (χ2v) is 5.85. The molecule has 0 aromatic carbocycles. The minimum Gasteiger partial charge on any atom is -0.465 e. The lowest BCUT2D eigenvalue weighted by atomic mass is 10.0. The highest BCUT2D eigenvalue weighted by molar-refractivity contribution is 7.09. The first-order valence-corrected chi connectivity index (χ1v) is 7.90. The molecule has 0 saturated carbocycles. The lowest BCUT2D eigenvalue weighted by Gasteiger charge is -2.33. The minimum absolute atomic E-state index is 0.0399. The Morgan fingerprint density at radius 3 is 3.11 bits per heavy atom. The van der Waals surface area contributed by atoms with Crippen molar-refractivity contribution in [3.63, 3.8) is 0 Å². The highest BCUT2D eigenvalue weighted by Gasteiger charge is 2.29. The summed E-state index contributed by atoms with van der Waals surface area (Å²) in [6.07, 6.45) is 4.21.